The van der Waals surface area contributed by atoms with Gasteiger partial charge in [0.05, 0.1) is 6.54 Å². The normalized spacial score (nSPS) is 10.4. The maximum Gasteiger partial charge on any atom is 0.240 e. The van der Waals surface area contributed by atoms with Crippen molar-refractivity contribution in [2.24, 2.45) is 0 Å². The summed E-state index contributed by atoms with van der Waals surface area (Å²) >= 11 is 0. The predicted octanol–water partition coefficient (Wildman–Crippen LogP) is 1.33. The first-order chi connectivity index (χ1) is 8.38. The van der Waals surface area contributed by atoms with Crippen LogP contribution in [0.2, 0.25) is 0 Å². The lowest BCUT2D eigenvalue weighted by Crippen LogP contribution is -2.12. The Morgan fingerprint density at radius 1 is 1.47 bits per heavy atom. The van der Waals surface area contributed by atoms with Gasteiger partial charge in [-0.15, -0.1) is 6.58 Å². The van der Waals surface area contributed by atoms with Gasteiger partial charge in [-0.3, -0.25) is 4.98 Å². The van der Waals surface area contributed by atoms with Gasteiger partial charge >= 0.3 is 0 Å². The lowest BCUT2D eigenvalue weighted by Gasteiger charge is -1.94. The van der Waals surface area contributed by atoms with Crippen LogP contribution in [0.3, 0.4) is 0 Å². The lowest BCUT2D eigenvalue weighted by atomic mass is 10.2. The third-order valence-electron chi connectivity index (χ3n) is 2.16. The van der Waals surface area contributed by atoms with E-state index in [4.69, 9.17) is 4.52 Å². The van der Waals surface area contributed by atoms with Crippen molar-refractivity contribution in [3.05, 3.63) is 54.5 Å². The van der Waals surface area contributed by atoms with Crippen LogP contribution in [0.15, 0.2) is 41.7 Å². The van der Waals surface area contributed by atoms with E-state index >= 15 is 0 Å². The fourth-order valence-corrected chi connectivity index (χ4v) is 1.40. The molecule has 0 aliphatic carbocycles. The number of hydrogen-bond acceptors (Lipinski definition) is 5. The first kappa shape index (κ1) is 11.5. The average molecular weight is 230 g/mol. The highest BCUT2D eigenvalue weighted by molar-refractivity contribution is 5.13. The Kier molecular flexibility index (Phi) is 3.99. The van der Waals surface area contributed by atoms with Crippen molar-refractivity contribution in [2.75, 3.05) is 6.54 Å². The van der Waals surface area contributed by atoms with E-state index in [9.17, 15) is 0 Å². The summed E-state index contributed by atoms with van der Waals surface area (Å²) in [6, 6.07) is 3.88. The largest absolute Gasteiger partial charge is 0.338 e. The maximum atomic E-state index is 5.11. The molecule has 0 amide bonds. The number of nitrogens with zero attached hydrogens (tertiary/aromatic N) is 3. The Labute approximate surface area is 99.6 Å². The summed E-state index contributed by atoms with van der Waals surface area (Å²) in [4.78, 5) is 8.31. The molecule has 2 aromatic heterocycles. The fourth-order valence-electron chi connectivity index (χ4n) is 1.40. The van der Waals surface area contributed by atoms with Crippen LogP contribution in [0.25, 0.3) is 0 Å². The van der Waals surface area contributed by atoms with Crippen molar-refractivity contribution in [2.45, 2.75) is 13.0 Å². The van der Waals surface area contributed by atoms with Crippen LogP contribution in [0.5, 0.6) is 0 Å². The number of pyridine rings is 1. The van der Waals surface area contributed by atoms with E-state index in [-0.39, 0.29) is 0 Å². The quantitative estimate of drug-likeness (QED) is 0.599. The van der Waals surface area contributed by atoms with E-state index in [1.54, 1.807) is 18.5 Å². The van der Waals surface area contributed by atoms with E-state index in [0.717, 1.165) is 12.1 Å². The van der Waals surface area contributed by atoms with Gasteiger partial charge in [-0.05, 0) is 11.6 Å². The minimum atomic E-state index is 0.562. The summed E-state index contributed by atoms with van der Waals surface area (Å²) in [7, 11) is 0. The summed E-state index contributed by atoms with van der Waals surface area (Å²) in [5.74, 6) is 1.26. The molecule has 0 saturated heterocycles. The van der Waals surface area contributed by atoms with Gasteiger partial charge in [0.25, 0.3) is 0 Å². The molecule has 5 nitrogen and oxygen atoms in total. The first-order valence-electron chi connectivity index (χ1n) is 5.40. The lowest BCUT2D eigenvalue weighted by molar-refractivity contribution is 0.366. The third-order valence-corrected chi connectivity index (χ3v) is 2.16. The van der Waals surface area contributed by atoms with Gasteiger partial charge in [0.2, 0.25) is 5.89 Å². The second-order valence-corrected chi connectivity index (χ2v) is 3.56. The minimum Gasteiger partial charge on any atom is -0.338 e. The zero-order valence-corrected chi connectivity index (χ0v) is 9.47. The van der Waals surface area contributed by atoms with Crippen LogP contribution >= 0.6 is 0 Å². The van der Waals surface area contributed by atoms with E-state index in [0.29, 0.717) is 24.7 Å². The molecule has 2 aromatic rings. The van der Waals surface area contributed by atoms with E-state index < -0.39 is 0 Å². The Morgan fingerprint density at radius 2 is 2.41 bits per heavy atom. The highest BCUT2D eigenvalue weighted by Gasteiger charge is 2.06. The first-order valence-corrected chi connectivity index (χ1v) is 5.40. The van der Waals surface area contributed by atoms with Crippen LogP contribution in [0, 0.1) is 0 Å². The topological polar surface area (TPSA) is 63.8 Å². The van der Waals surface area contributed by atoms with E-state index in [1.807, 2.05) is 12.1 Å². The third kappa shape index (κ3) is 3.49. The van der Waals surface area contributed by atoms with Crippen molar-refractivity contribution in [1.82, 2.24) is 20.4 Å². The summed E-state index contributed by atoms with van der Waals surface area (Å²) in [5.41, 5.74) is 1.07. The standard InChI is InChI=1S/C12H14N4O/c1-2-5-13-9-12-15-11(16-17-12)7-10-4-3-6-14-8-10/h2-4,6,8,13H,1,5,7,9H2. The van der Waals surface area contributed by atoms with Gasteiger partial charge in [0, 0.05) is 25.4 Å². The van der Waals surface area contributed by atoms with Gasteiger partial charge in [0.15, 0.2) is 5.82 Å². The molecule has 2 heterocycles. The molecular weight excluding hydrogens is 216 g/mol. The van der Waals surface area contributed by atoms with Crippen molar-refractivity contribution in [3.8, 4) is 0 Å². The molecule has 0 bridgehead atoms. The Bertz CT molecular complexity index is 466. The molecule has 88 valence electrons. The number of rotatable bonds is 6. The molecule has 0 fully saturated rings. The molecule has 0 radical (unpaired) electrons. The SMILES string of the molecule is C=CCNCc1nc(Cc2cccnc2)no1. The molecule has 17 heavy (non-hydrogen) atoms. The van der Waals surface area contributed by atoms with Gasteiger partial charge in [-0.25, -0.2) is 0 Å². The van der Waals surface area contributed by atoms with Crippen molar-refractivity contribution in [1.29, 1.82) is 0 Å². The summed E-state index contributed by atoms with van der Waals surface area (Å²) in [6.45, 7) is 4.90. The molecule has 0 aliphatic rings. The Balaban J connectivity index is 1.92. The smallest absolute Gasteiger partial charge is 0.240 e. The molecule has 0 atom stereocenters. The van der Waals surface area contributed by atoms with Crippen LogP contribution in [0.1, 0.15) is 17.3 Å². The number of aromatic nitrogens is 3. The molecule has 0 unspecified atom stereocenters. The van der Waals surface area contributed by atoms with Gasteiger partial charge in [-0.2, -0.15) is 4.98 Å². The molecule has 5 heteroatoms. The maximum absolute atomic E-state index is 5.11. The molecule has 0 aromatic carbocycles. The van der Waals surface area contributed by atoms with Crippen molar-refractivity contribution in [3.63, 3.8) is 0 Å². The fraction of sp³-hybridized carbons (Fsp3) is 0.250. The number of nitrogens with one attached hydrogen (secondary N) is 1. The summed E-state index contributed by atoms with van der Waals surface area (Å²) in [5, 5.41) is 7.01. The average Bonchev–Trinajstić information content (AvgIpc) is 2.79. The highest BCUT2D eigenvalue weighted by Crippen LogP contribution is 2.05. The molecule has 0 aliphatic heterocycles. The highest BCUT2D eigenvalue weighted by atomic mass is 16.5. The van der Waals surface area contributed by atoms with Gasteiger partial charge in [-0.1, -0.05) is 17.3 Å². The van der Waals surface area contributed by atoms with Crippen molar-refractivity contribution < 1.29 is 4.52 Å². The second-order valence-electron chi connectivity index (χ2n) is 3.56. The Hall–Kier alpha value is -2.01. The van der Waals surface area contributed by atoms with Crippen molar-refractivity contribution >= 4 is 0 Å². The molecule has 0 spiro atoms. The summed E-state index contributed by atoms with van der Waals surface area (Å²) < 4.78 is 5.11. The zero-order valence-electron chi connectivity index (χ0n) is 9.47. The molecule has 0 saturated carbocycles. The van der Waals surface area contributed by atoms with E-state index in [1.165, 1.54) is 0 Å². The van der Waals surface area contributed by atoms with Crippen LogP contribution in [-0.4, -0.2) is 21.7 Å². The summed E-state index contributed by atoms with van der Waals surface area (Å²) in [6.07, 6.45) is 5.96. The number of hydrogen-bond donors (Lipinski definition) is 1. The Morgan fingerprint density at radius 3 is 3.18 bits per heavy atom. The van der Waals surface area contributed by atoms with Crippen LogP contribution < -0.4 is 5.32 Å². The minimum absolute atomic E-state index is 0.562. The van der Waals surface area contributed by atoms with Crippen LogP contribution in [-0.2, 0) is 13.0 Å². The monoisotopic (exact) mass is 230 g/mol. The van der Waals surface area contributed by atoms with E-state index in [2.05, 4.69) is 27.0 Å². The molecule has 1 N–H and O–H groups in total. The molecule has 2 rings (SSSR count). The zero-order chi connectivity index (χ0) is 11.9. The second kappa shape index (κ2) is 5.91. The van der Waals surface area contributed by atoms with Gasteiger partial charge < -0.3 is 9.84 Å². The molecular formula is C12H14N4O. The predicted molar refractivity (Wildman–Crippen MR) is 63.2 cm³/mol. The van der Waals surface area contributed by atoms with Crippen LogP contribution in [0.4, 0.5) is 0 Å². The van der Waals surface area contributed by atoms with Gasteiger partial charge in [0.1, 0.15) is 0 Å².